The van der Waals surface area contributed by atoms with Gasteiger partial charge >= 0.3 is 0 Å². The molecular formula is C14H13Cl2FN2O. The van der Waals surface area contributed by atoms with E-state index in [1.165, 1.54) is 24.4 Å². The van der Waals surface area contributed by atoms with Gasteiger partial charge in [0.15, 0.2) is 0 Å². The minimum atomic E-state index is -0.417. The van der Waals surface area contributed by atoms with Gasteiger partial charge in [0.2, 0.25) is 5.88 Å². The molecule has 0 unspecified atom stereocenters. The van der Waals surface area contributed by atoms with Gasteiger partial charge in [-0.15, -0.1) is 0 Å². The van der Waals surface area contributed by atoms with E-state index in [4.69, 9.17) is 27.9 Å². The maximum absolute atomic E-state index is 13.0. The Hall–Kier alpha value is -1.36. The molecule has 0 aliphatic heterocycles. The van der Waals surface area contributed by atoms with E-state index >= 15 is 0 Å². The number of aromatic nitrogens is 1. The Bertz CT molecular complexity index is 608. The number of hydrogen-bond acceptors (Lipinski definition) is 3. The molecule has 0 fully saturated rings. The zero-order chi connectivity index (χ0) is 14.5. The summed E-state index contributed by atoms with van der Waals surface area (Å²) in [5.41, 5.74) is 0.872. The molecule has 1 N–H and O–H groups in total. The standard InChI is InChI=1S/C14H13Cl2FN2O/c1-2-18-7-9-5-14(19-8-12(9)16)20-13-4-3-10(17)6-11(13)15/h3-6,8,18H,2,7H2,1H3. The fraction of sp³-hybridized carbons (Fsp3) is 0.214. The molecule has 1 heterocycles. The molecular weight excluding hydrogens is 302 g/mol. The molecule has 0 amide bonds. The second kappa shape index (κ2) is 6.88. The van der Waals surface area contributed by atoms with E-state index in [2.05, 4.69) is 10.3 Å². The number of ether oxygens (including phenoxy) is 1. The third-order valence-corrected chi connectivity index (χ3v) is 3.22. The van der Waals surface area contributed by atoms with Crippen LogP contribution in [0, 0.1) is 5.82 Å². The molecule has 0 radical (unpaired) electrons. The van der Waals surface area contributed by atoms with Crippen LogP contribution in [0.25, 0.3) is 0 Å². The Morgan fingerprint density at radius 3 is 2.75 bits per heavy atom. The molecule has 20 heavy (non-hydrogen) atoms. The lowest BCUT2D eigenvalue weighted by Gasteiger charge is -2.09. The van der Waals surface area contributed by atoms with Crippen molar-refractivity contribution in [3.05, 3.63) is 51.9 Å². The summed E-state index contributed by atoms with van der Waals surface area (Å²) in [5, 5.41) is 3.92. The maximum atomic E-state index is 13.0. The lowest BCUT2D eigenvalue weighted by atomic mass is 10.2. The van der Waals surface area contributed by atoms with Crippen LogP contribution in [0.4, 0.5) is 4.39 Å². The predicted octanol–water partition coefficient (Wildman–Crippen LogP) is 4.43. The molecule has 0 aliphatic carbocycles. The van der Waals surface area contributed by atoms with Gasteiger partial charge in [0.1, 0.15) is 11.6 Å². The van der Waals surface area contributed by atoms with E-state index in [0.717, 1.165) is 12.1 Å². The molecule has 0 spiro atoms. The van der Waals surface area contributed by atoms with Crippen molar-refractivity contribution in [2.75, 3.05) is 6.54 Å². The third kappa shape index (κ3) is 3.82. The Kier molecular flexibility index (Phi) is 5.17. The summed E-state index contributed by atoms with van der Waals surface area (Å²) in [6.07, 6.45) is 1.51. The van der Waals surface area contributed by atoms with Gasteiger partial charge < -0.3 is 10.1 Å². The number of nitrogens with zero attached hydrogens (tertiary/aromatic N) is 1. The molecule has 0 aliphatic rings. The van der Waals surface area contributed by atoms with Crippen molar-refractivity contribution in [2.24, 2.45) is 0 Å². The van der Waals surface area contributed by atoms with Gasteiger partial charge in [-0.2, -0.15) is 0 Å². The van der Waals surface area contributed by atoms with Crippen LogP contribution in [0.3, 0.4) is 0 Å². The largest absolute Gasteiger partial charge is 0.437 e. The molecule has 6 heteroatoms. The number of nitrogens with one attached hydrogen (secondary N) is 1. The molecule has 0 saturated carbocycles. The molecule has 0 saturated heterocycles. The van der Waals surface area contributed by atoms with Crippen molar-refractivity contribution in [1.82, 2.24) is 10.3 Å². The van der Waals surface area contributed by atoms with Crippen molar-refractivity contribution in [1.29, 1.82) is 0 Å². The number of rotatable bonds is 5. The highest BCUT2D eigenvalue weighted by Gasteiger charge is 2.08. The first-order chi connectivity index (χ1) is 9.60. The molecule has 2 aromatic rings. The van der Waals surface area contributed by atoms with Gasteiger partial charge in [0.05, 0.1) is 10.0 Å². The summed E-state index contributed by atoms with van der Waals surface area (Å²) in [4.78, 5) is 4.07. The van der Waals surface area contributed by atoms with Gasteiger partial charge in [0, 0.05) is 18.8 Å². The third-order valence-electron chi connectivity index (χ3n) is 2.58. The molecule has 0 atom stereocenters. The van der Waals surface area contributed by atoms with Gasteiger partial charge in [-0.25, -0.2) is 9.37 Å². The smallest absolute Gasteiger partial charge is 0.219 e. The summed E-state index contributed by atoms with van der Waals surface area (Å²) in [6.45, 7) is 3.45. The molecule has 0 bridgehead atoms. The van der Waals surface area contributed by atoms with E-state index in [1.54, 1.807) is 6.07 Å². The van der Waals surface area contributed by atoms with Crippen molar-refractivity contribution in [3.63, 3.8) is 0 Å². The van der Waals surface area contributed by atoms with Crippen LogP contribution in [0.15, 0.2) is 30.5 Å². The first-order valence-corrected chi connectivity index (χ1v) is 6.83. The second-order valence-electron chi connectivity index (χ2n) is 4.07. The summed E-state index contributed by atoms with van der Waals surface area (Å²) in [5.74, 6) is 0.285. The minimum absolute atomic E-state index is 0.190. The van der Waals surface area contributed by atoms with Crippen LogP contribution in [-0.4, -0.2) is 11.5 Å². The Morgan fingerprint density at radius 2 is 2.05 bits per heavy atom. The van der Waals surface area contributed by atoms with Crippen LogP contribution in [0.5, 0.6) is 11.6 Å². The van der Waals surface area contributed by atoms with Crippen LogP contribution < -0.4 is 10.1 Å². The van der Waals surface area contributed by atoms with E-state index in [-0.39, 0.29) is 5.02 Å². The van der Waals surface area contributed by atoms with Gasteiger partial charge in [-0.1, -0.05) is 30.1 Å². The van der Waals surface area contributed by atoms with Crippen LogP contribution in [0.1, 0.15) is 12.5 Å². The average molecular weight is 315 g/mol. The summed E-state index contributed by atoms with van der Waals surface area (Å²) in [6, 6.07) is 5.64. The number of halogens is 3. The zero-order valence-electron chi connectivity index (χ0n) is 10.8. The van der Waals surface area contributed by atoms with Gasteiger partial charge in [-0.3, -0.25) is 0 Å². The zero-order valence-corrected chi connectivity index (χ0v) is 12.3. The number of hydrogen-bond donors (Lipinski definition) is 1. The fourth-order valence-electron chi connectivity index (χ4n) is 1.58. The Labute approximate surface area is 126 Å². The first-order valence-electron chi connectivity index (χ1n) is 6.08. The average Bonchev–Trinajstić information content (AvgIpc) is 2.42. The molecule has 2 rings (SSSR count). The first kappa shape index (κ1) is 15.0. The minimum Gasteiger partial charge on any atom is -0.437 e. The van der Waals surface area contributed by atoms with Crippen molar-refractivity contribution < 1.29 is 9.13 Å². The lowest BCUT2D eigenvalue weighted by Crippen LogP contribution is -2.12. The van der Waals surface area contributed by atoms with E-state index < -0.39 is 5.82 Å². The highest BCUT2D eigenvalue weighted by Crippen LogP contribution is 2.30. The van der Waals surface area contributed by atoms with Crippen LogP contribution in [-0.2, 0) is 6.54 Å². The quantitative estimate of drug-likeness (QED) is 0.886. The SMILES string of the molecule is CCNCc1cc(Oc2ccc(F)cc2Cl)ncc1Cl. The van der Waals surface area contributed by atoms with Crippen LogP contribution >= 0.6 is 23.2 Å². The van der Waals surface area contributed by atoms with Crippen LogP contribution in [0.2, 0.25) is 10.0 Å². The molecule has 3 nitrogen and oxygen atoms in total. The normalized spacial score (nSPS) is 10.6. The van der Waals surface area contributed by atoms with E-state index in [0.29, 0.717) is 23.2 Å². The number of benzene rings is 1. The topological polar surface area (TPSA) is 34.1 Å². The van der Waals surface area contributed by atoms with E-state index in [1.807, 2.05) is 6.92 Å². The summed E-state index contributed by atoms with van der Waals surface area (Å²) < 4.78 is 18.5. The monoisotopic (exact) mass is 314 g/mol. The van der Waals surface area contributed by atoms with Gasteiger partial charge in [-0.05, 0) is 30.3 Å². The fourth-order valence-corrected chi connectivity index (χ4v) is 1.96. The van der Waals surface area contributed by atoms with Crippen molar-refractivity contribution in [2.45, 2.75) is 13.5 Å². The summed E-state index contributed by atoms with van der Waals surface area (Å²) >= 11 is 12.0. The van der Waals surface area contributed by atoms with Gasteiger partial charge in [0.25, 0.3) is 0 Å². The Morgan fingerprint density at radius 1 is 1.25 bits per heavy atom. The second-order valence-corrected chi connectivity index (χ2v) is 4.89. The summed E-state index contributed by atoms with van der Waals surface area (Å²) in [7, 11) is 0. The highest BCUT2D eigenvalue weighted by molar-refractivity contribution is 6.32. The van der Waals surface area contributed by atoms with Crippen molar-refractivity contribution in [3.8, 4) is 11.6 Å². The van der Waals surface area contributed by atoms with E-state index in [9.17, 15) is 4.39 Å². The predicted molar refractivity (Wildman–Crippen MR) is 78.1 cm³/mol. The number of pyridine rings is 1. The molecule has 1 aromatic heterocycles. The molecule has 106 valence electrons. The lowest BCUT2D eigenvalue weighted by molar-refractivity contribution is 0.460. The van der Waals surface area contributed by atoms with Crippen molar-refractivity contribution >= 4 is 23.2 Å². The highest BCUT2D eigenvalue weighted by atomic mass is 35.5. The molecule has 1 aromatic carbocycles. The maximum Gasteiger partial charge on any atom is 0.219 e. The Balaban J connectivity index is 2.20.